The summed E-state index contributed by atoms with van der Waals surface area (Å²) < 4.78 is 11.3. The molecule has 0 saturated carbocycles. The second-order valence-electron chi connectivity index (χ2n) is 1.54. The predicted octanol–water partition coefficient (Wildman–Crippen LogP) is -0.559. The van der Waals surface area contributed by atoms with E-state index in [-0.39, 0.29) is 0 Å². The standard InChI is InChI=1S/C6H9FN2/c1-6(5-9-8)3-2-4-7/h2-5H,8H2,1H3/p+1. The van der Waals surface area contributed by atoms with E-state index in [4.69, 9.17) is 5.84 Å². The van der Waals surface area contributed by atoms with Crippen LogP contribution in [0.4, 0.5) is 4.39 Å². The Hall–Kier alpha value is -1.12. The number of hydrazone groups is 1. The minimum absolute atomic E-state index is 0.466. The number of allylic oxidation sites excluding steroid dienone is 3. The van der Waals surface area contributed by atoms with Crippen LogP contribution in [-0.4, -0.2) is 6.21 Å². The quantitative estimate of drug-likeness (QED) is 0.223. The van der Waals surface area contributed by atoms with E-state index in [0.717, 1.165) is 5.57 Å². The molecule has 0 spiro atoms. The maximum Gasteiger partial charge on any atom is 0.193 e. The lowest BCUT2D eigenvalue weighted by Gasteiger charge is -1.77. The normalized spacial score (nSPS) is 13.8. The van der Waals surface area contributed by atoms with Crippen molar-refractivity contribution in [1.29, 1.82) is 0 Å². The number of rotatable bonds is 2. The molecule has 0 heterocycles. The van der Waals surface area contributed by atoms with Gasteiger partial charge >= 0.3 is 0 Å². The first kappa shape index (κ1) is 7.88. The van der Waals surface area contributed by atoms with Gasteiger partial charge in [0.1, 0.15) is 0 Å². The molecule has 0 unspecified atom stereocenters. The van der Waals surface area contributed by atoms with E-state index < -0.39 is 0 Å². The largest absolute Gasteiger partial charge is 0.216 e. The molecular weight excluding hydrogens is 119 g/mol. The maximum atomic E-state index is 11.3. The Labute approximate surface area is 53.6 Å². The van der Waals surface area contributed by atoms with Crippen LogP contribution in [0.15, 0.2) is 24.1 Å². The van der Waals surface area contributed by atoms with Gasteiger partial charge in [-0.25, -0.2) is 10.2 Å². The summed E-state index contributed by atoms with van der Waals surface area (Å²) in [5.41, 5.74) is 0.867. The summed E-state index contributed by atoms with van der Waals surface area (Å²) in [6.07, 6.45) is 4.93. The molecule has 0 aromatic heterocycles. The minimum Gasteiger partial charge on any atom is -0.216 e. The first-order valence-electron chi connectivity index (χ1n) is 2.54. The molecule has 3 heteroatoms. The maximum absolute atomic E-state index is 11.3. The number of hydrogen-bond donors (Lipinski definition) is 2. The first-order chi connectivity index (χ1) is 4.31. The molecule has 2 nitrogen and oxygen atoms in total. The van der Waals surface area contributed by atoms with Gasteiger partial charge in [-0.1, -0.05) is 6.08 Å². The van der Waals surface area contributed by atoms with Crippen molar-refractivity contribution in [2.45, 2.75) is 6.92 Å². The van der Waals surface area contributed by atoms with Crippen molar-refractivity contribution in [3.05, 3.63) is 24.1 Å². The van der Waals surface area contributed by atoms with Crippen molar-refractivity contribution in [3.63, 3.8) is 0 Å². The van der Waals surface area contributed by atoms with Crippen molar-refractivity contribution >= 4 is 6.21 Å². The Morgan fingerprint density at radius 3 is 2.78 bits per heavy atom. The molecule has 0 aliphatic carbocycles. The highest BCUT2D eigenvalue weighted by molar-refractivity contribution is 5.72. The minimum atomic E-state index is 0.466. The van der Waals surface area contributed by atoms with Gasteiger partial charge in [-0.3, -0.25) is 0 Å². The number of nitrogens with one attached hydrogen (secondary N) is 1. The molecule has 0 amide bonds. The lowest BCUT2D eigenvalue weighted by Crippen LogP contribution is -2.76. The Balaban J connectivity index is 3.84. The highest BCUT2D eigenvalue weighted by atomic mass is 19.1. The predicted molar refractivity (Wildman–Crippen MR) is 35.2 cm³/mol. The number of nitrogens with two attached hydrogens (primary N) is 1. The summed E-state index contributed by atoms with van der Waals surface area (Å²) in [5, 5.41) is 2.33. The third kappa shape index (κ3) is 4.74. The fraction of sp³-hybridized carbons (Fsp3) is 0.167. The molecule has 0 radical (unpaired) electrons. The van der Waals surface area contributed by atoms with Crippen LogP contribution in [0.3, 0.4) is 0 Å². The molecule has 0 aliphatic heterocycles. The molecule has 0 saturated heterocycles. The van der Waals surface area contributed by atoms with Crippen molar-refractivity contribution in [2.75, 3.05) is 0 Å². The van der Waals surface area contributed by atoms with Gasteiger partial charge in [0.25, 0.3) is 0 Å². The zero-order valence-corrected chi connectivity index (χ0v) is 5.26. The van der Waals surface area contributed by atoms with Gasteiger partial charge in [0.05, 0.1) is 6.33 Å². The Bertz CT molecular complexity index is 147. The van der Waals surface area contributed by atoms with Crippen LogP contribution in [0.1, 0.15) is 6.92 Å². The zero-order chi connectivity index (χ0) is 7.11. The molecule has 0 rings (SSSR count). The van der Waals surface area contributed by atoms with E-state index in [1.54, 1.807) is 19.2 Å². The lowest BCUT2D eigenvalue weighted by atomic mass is 10.3. The summed E-state index contributed by atoms with van der Waals surface area (Å²) in [5.74, 6) is 4.94. The number of hydrazine groups is 1. The summed E-state index contributed by atoms with van der Waals surface area (Å²) in [6, 6.07) is 0. The van der Waals surface area contributed by atoms with Crippen LogP contribution >= 0.6 is 0 Å². The number of hydrogen-bond acceptors (Lipinski definition) is 1. The van der Waals surface area contributed by atoms with Crippen LogP contribution in [-0.2, 0) is 0 Å². The van der Waals surface area contributed by atoms with E-state index >= 15 is 0 Å². The second kappa shape index (κ2) is 5.03. The Kier molecular flexibility index (Phi) is 4.40. The molecule has 0 atom stereocenters. The van der Waals surface area contributed by atoms with E-state index in [2.05, 4.69) is 5.10 Å². The van der Waals surface area contributed by atoms with Gasteiger partial charge in [-0.2, -0.15) is 0 Å². The fourth-order valence-corrected chi connectivity index (χ4v) is 0.368. The SMILES string of the molecule is CC(C=[NH+]N)=CC=CF. The van der Waals surface area contributed by atoms with Crippen molar-refractivity contribution in [2.24, 2.45) is 5.84 Å². The van der Waals surface area contributed by atoms with E-state index in [1.165, 1.54) is 6.08 Å². The topological polar surface area (TPSA) is 40.0 Å². The molecule has 3 N–H and O–H groups in total. The molecule has 0 aliphatic rings. The van der Waals surface area contributed by atoms with Crippen LogP contribution < -0.4 is 10.9 Å². The smallest absolute Gasteiger partial charge is 0.193 e. The van der Waals surface area contributed by atoms with Crippen molar-refractivity contribution < 1.29 is 9.49 Å². The van der Waals surface area contributed by atoms with Crippen molar-refractivity contribution in [1.82, 2.24) is 0 Å². The first-order valence-corrected chi connectivity index (χ1v) is 2.54. The van der Waals surface area contributed by atoms with Gasteiger partial charge in [0.2, 0.25) is 0 Å². The summed E-state index contributed by atoms with van der Waals surface area (Å²) in [4.78, 5) is 0. The summed E-state index contributed by atoms with van der Waals surface area (Å²) >= 11 is 0. The molecule has 50 valence electrons. The number of halogens is 1. The Morgan fingerprint density at radius 2 is 2.33 bits per heavy atom. The zero-order valence-electron chi connectivity index (χ0n) is 5.26. The van der Waals surface area contributed by atoms with E-state index in [1.807, 2.05) is 0 Å². The lowest BCUT2D eigenvalue weighted by molar-refractivity contribution is -0.463. The molecule has 0 aromatic carbocycles. The average molecular weight is 129 g/mol. The van der Waals surface area contributed by atoms with Crippen LogP contribution in [0.5, 0.6) is 0 Å². The highest BCUT2D eigenvalue weighted by Crippen LogP contribution is 1.85. The van der Waals surface area contributed by atoms with E-state index in [0.29, 0.717) is 6.33 Å². The average Bonchev–Trinajstić information content (AvgIpc) is 1.85. The molecule has 9 heavy (non-hydrogen) atoms. The van der Waals surface area contributed by atoms with Gasteiger partial charge in [0, 0.05) is 5.57 Å². The fourth-order valence-electron chi connectivity index (χ4n) is 0.368. The molecule has 0 fully saturated rings. The van der Waals surface area contributed by atoms with Gasteiger partial charge in [-0.15, -0.1) is 5.10 Å². The monoisotopic (exact) mass is 129 g/mol. The van der Waals surface area contributed by atoms with Crippen LogP contribution in [0.25, 0.3) is 0 Å². The third-order valence-corrected chi connectivity index (χ3v) is 0.743. The van der Waals surface area contributed by atoms with Gasteiger partial charge in [0.15, 0.2) is 6.21 Å². The van der Waals surface area contributed by atoms with Gasteiger partial charge < -0.3 is 0 Å². The summed E-state index contributed by atoms with van der Waals surface area (Å²) in [7, 11) is 0. The van der Waals surface area contributed by atoms with Crippen LogP contribution in [0.2, 0.25) is 0 Å². The molecular formula is C6H10FN2+. The Morgan fingerprint density at radius 1 is 1.67 bits per heavy atom. The summed E-state index contributed by atoms with van der Waals surface area (Å²) in [6.45, 7) is 1.81. The third-order valence-electron chi connectivity index (χ3n) is 0.743. The van der Waals surface area contributed by atoms with Crippen molar-refractivity contribution in [3.8, 4) is 0 Å². The van der Waals surface area contributed by atoms with Crippen LogP contribution in [0, 0.1) is 0 Å². The molecule has 0 bridgehead atoms. The van der Waals surface area contributed by atoms with Gasteiger partial charge in [-0.05, 0) is 13.0 Å². The highest BCUT2D eigenvalue weighted by Gasteiger charge is 1.80. The molecule has 0 aromatic rings. The second-order valence-corrected chi connectivity index (χ2v) is 1.54. The van der Waals surface area contributed by atoms with E-state index in [9.17, 15) is 4.39 Å².